The Balaban J connectivity index is 3.15. The van der Waals surface area contributed by atoms with Crippen LogP contribution in [0, 0.1) is 10.1 Å². The second-order valence-electron chi connectivity index (χ2n) is 2.02. The second kappa shape index (κ2) is 3.88. The Morgan fingerprint density at radius 2 is 2.17 bits per heavy atom. The summed E-state index contributed by atoms with van der Waals surface area (Å²) in [7, 11) is 0. The molecule has 0 bridgehead atoms. The smallest absolute Gasteiger partial charge is 0.271 e. The number of non-ortho nitro benzene ring substituents is 1. The van der Waals surface area contributed by atoms with Crippen molar-refractivity contribution in [3.8, 4) is 0 Å². The summed E-state index contributed by atoms with van der Waals surface area (Å²) in [5.74, 6) is 0. The van der Waals surface area contributed by atoms with E-state index in [1.807, 2.05) is 0 Å². The Bertz CT molecular complexity index is 318. The van der Waals surface area contributed by atoms with Gasteiger partial charge >= 0.3 is 0 Å². The number of hydrogen-bond acceptors (Lipinski definition) is 4. The molecule has 0 aliphatic heterocycles. The second-order valence-corrected chi connectivity index (χ2v) is 3.64. The van der Waals surface area contributed by atoms with E-state index < -0.39 is 4.92 Å². The van der Waals surface area contributed by atoms with Crippen molar-refractivity contribution >= 4 is 33.6 Å². The van der Waals surface area contributed by atoms with Gasteiger partial charge in [-0.05, 0) is 18.0 Å². The predicted octanol–water partition coefficient (Wildman–Crippen LogP) is 2.32. The van der Waals surface area contributed by atoms with E-state index in [-0.39, 0.29) is 5.69 Å². The molecule has 1 aromatic rings. The number of nitro benzene ring substituents is 1. The average molecular weight is 249 g/mol. The molecule has 0 radical (unpaired) electrons. The van der Waals surface area contributed by atoms with Crippen LogP contribution in [0.4, 0.5) is 5.69 Å². The molecule has 0 fully saturated rings. The van der Waals surface area contributed by atoms with E-state index in [9.17, 15) is 10.1 Å². The lowest BCUT2D eigenvalue weighted by molar-refractivity contribution is -0.385. The molecular formula is C6H5BrN2O2S. The van der Waals surface area contributed by atoms with E-state index in [2.05, 4.69) is 15.9 Å². The third kappa shape index (κ3) is 2.20. The lowest BCUT2D eigenvalue weighted by Crippen LogP contribution is -1.89. The molecule has 2 N–H and O–H groups in total. The van der Waals surface area contributed by atoms with E-state index >= 15 is 0 Å². The van der Waals surface area contributed by atoms with Crippen LogP contribution in [0.15, 0.2) is 27.6 Å². The first-order valence-electron chi connectivity index (χ1n) is 2.95. The van der Waals surface area contributed by atoms with Gasteiger partial charge in [0.25, 0.3) is 5.69 Å². The quantitative estimate of drug-likeness (QED) is 0.496. The van der Waals surface area contributed by atoms with Gasteiger partial charge in [0.2, 0.25) is 0 Å². The first-order chi connectivity index (χ1) is 5.63. The van der Waals surface area contributed by atoms with E-state index in [1.54, 1.807) is 6.07 Å². The van der Waals surface area contributed by atoms with Crippen LogP contribution in [0.5, 0.6) is 0 Å². The number of nitro groups is 1. The van der Waals surface area contributed by atoms with Gasteiger partial charge in [-0.2, -0.15) is 0 Å². The Kier molecular flexibility index (Phi) is 3.07. The molecule has 64 valence electrons. The van der Waals surface area contributed by atoms with Gasteiger partial charge in [-0.15, -0.1) is 0 Å². The predicted molar refractivity (Wildman–Crippen MR) is 50.8 cm³/mol. The summed E-state index contributed by atoms with van der Waals surface area (Å²) in [4.78, 5) is 10.6. The highest BCUT2D eigenvalue weighted by molar-refractivity contribution is 9.10. The van der Waals surface area contributed by atoms with Crippen LogP contribution in [-0.4, -0.2) is 4.92 Å². The maximum Gasteiger partial charge on any atom is 0.271 e. The minimum Gasteiger partial charge on any atom is -0.274 e. The van der Waals surface area contributed by atoms with Crippen LogP contribution in [0.1, 0.15) is 0 Å². The molecule has 4 nitrogen and oxygen atoms in total. The highest BCUT2D eigenvalue weighted by Crippen LogP contribution is 2.25. The Morgan fingerprint density at radius 1 is 1.50 bits per heavy atom. The molecule has 0 aliphatic rings. The molecule has 1 rings (SSSR count). The number of rotatable bonds is 2. The number of nitrogens with zero attached hydrogens (tertiary/aromatic N) is 1. The highest BCUT2D eigenvalue weighted by Gasteiger charge is 2.07. The summed E-state index contributed by atoms with van der Waals surface area (Å²) in [6.45, 7) is 0. The Labute approximate surface area is 81.6 Å². The maximum atomic E-state index is 10.4. The third-order valence-electron chi connectivity index (χ3n) is 1.20. The zero-order valence-corrected chi connectivity index (χ0v) is 8.26. The Morgan fingerprint density at radius 3 is 2.67 bits per heavy atom. The molecule has 0 spiro atoms. The van der Waals surface area contributed by atoms with Crippen molar-refractivity contribution in [2.75, 3.05) is 0 Å². The van der Waals surface area contributed by atoms with Gasteiger partial charge in [0, 0.05) is 21.5 Å². The number of nitrogens with two attached hydrogens (primary N) is 1. The summed E-state index contributed by atoms with van der Waals surface area (Å²) < 4.78 is 0.657. The van der Waals surface area contributed by atoms with Gasteiger partial charge in [0.05, 0.1) is 4.92 Å². The van der Waals surface area contributed by atoms with E-state index in [1.165, 1.54) is 12.1 Å². The lowest BCUT2D eigenvalue weighted by Gasteiger charge is -1.96. The van der Waals surface area contributed by atoms with Crippen LogP contribution >= 0.6 is 27.9 Å². The zero-order chi connectivity index (χ0) is 9.14. The molecule has 0 unspecified atom stereocenters. The number of hydrogen-bond donors (Lipinski definition) is 1. The molecule has 1 aromatic carbocycles. The van der Waals surface area contributed by atoms with Crippen LogP contribution in [0.25, 0.3) is 0 Å². The van der Waals surface area contributed by atoms with E-state index in [0.717, 1.165) is 11.9 Å². The summed E-state index contributed by atoms with van der Waals surface area (Å²) in [5.41, 5.74) is 0.0392. The molecule has 0 aromatic heterocycles. The monoisotopic (exact) mass is 248 g/mol. The SMILES string of the molecule is NSc1cc(Br)cc([N+](=O)[O-])c1. The first kappa shape index (κ1) is 9.50. The molecular weight excluding hydrogens is 244 g/mol. The van der Waals surface area contributed by atoms with Crippen LogP contribution in [0.2, 0.25) is 0 Å². The van der Waals surface area contributed by atoms with Crippen molar-refractivity contribution in [1.29, 1.82) is 0 Å². The lowest BCUT2D eigenvalue weighted by atomic mass is 10.3. The summed E-state index contributed by atoms with van der Waals surface area (Å²) in [6.07, 6.45) is 0. The van der Waals surface area contributed by atoms with Crippen molar-refractivity contribution in [2.24, 2.45) is 5.14 Å². The van der Waals surface area contributed by atoms with Crippen molar-refractivity contribution in [2.45, 2.75) is 4.90 Å². The normalized spacial score (nSPS) is 9.83. The first-order valence-corrected chi connectivity index (χ1v) is 4.62. The minimum atomic E-state index is -0.454. The molecule has 6 heteroatoms. The van der Waals surface area contributed by atoms with Gasteiger partial charge in [-0.25, -0.2) is 0 Å². The van der Waals surface area contributed by atoms with Crippen LogP contribution in [0.3, 0.4) is 0 Å². The molecule has 0 amide bonds. The van der Waals surface area contributed by atoms with Crippen molar-refractivity contribution < 1.29 is 4.92 Å². The molecule has 0 aliphatic carbocycles. The fraction of sp³-hybridized carbons (Fsp3) is 0. The summed E-state index contributed by atoms with van der Waals surface area (Å²) in [5, 5.41) is 15.6. The Hall–Kier alpha value is -0.590. The van der Waals surface area contributed by atoms with Gasteiger partial charge in [0.15, 0.2) is 0 Å². The molecule has 0 saturated carbocycles. The summed E-state index contributed by atoms with van der Waals surface area (Å²) >= 11 is 4.13. The van der Waals surface area contributed by atoms with Gasteiger partial charge in [-0.3, -0.25) is 15.3 Å². The molecule has 0 saturated heterocycles. The zero-order valence-electron chi connectivity index (χ0n) is 5.86. The summed E-state index contributed by atoms with van der Waals surface area (Å²) in [6, 6.07) is 4.58. The maximum absolute atomic E-state index is 10.4. The van der Waals surface area contributed by atoms with E-state index in [4.69, 9.17) is 5.14 Å². The molecule has 0 heterocycles. The largest absolute Gasteiger partial charge is 0.274 e. The fourth-order valence-electron chi connectivity index (χ4n) is 0.721. The van der Waals surface area contributed by atoms with Crippen LogP contribution < -0.4 is 5.14 Å². The topological polar surface area (TPSA) is 69.2 Å². The van der Waals surface area contributed by atoms with Crippen LogP contribution in [-0.2, 0) is 0 Å². The minimum absolute atomic E-state index is 0.0392. The van der Waals surface area contributed by atoms with E-state index in [0.29, 0.717) is 9.37 Å². The van der Waals surface area contributed by atoms with Gasteiger partial charge in [-0.1, -0.05) is 15.9 Å². The van der Waals surface area contributed by atoms with Gasteiger partial charge < -0.3 is 0 Å². The third-order valence-corrected chi connectivity index (χ3v) is 2.17. The van der Waals surface area contributed by atoms with Crippen molar-refractivity contribution in [3.05, 3.63) is 32.8 Å². The average Bonchev–Trinajstić information content (AvgIpc) is 2.03. The van der Waals surface area contributed by atoms with Crippen molar-refractivity contribution in [1.82, 2.24) is 0 Å². The molecule has 0 atom stereocenters. The standard InChI is InChI=1S/C6H5BrN2O2S/c7-4-1-5(9(10)11)3-6(2-4)12-8/h1-3H,8H2. The highest BCUT2D eigenvalue weighted by atomic mass is 79.9. The number of halogens is 1. The van der Waals surface area contributed by atoms with Gasteiger partial charge in [0.1, 0.15) is 0 Å². The van der Waals surface area contributed by atoms with Crippen molar-refractivity contribution in [3.63, 3.8) is 0 Å². The number of benzene rings is 1. The fourth-order valence-corrected chi connectivity index (χ4v) is 1.74. The molecule has 12 heavy (non-hydrogen) atoms.